The van der Waals surface area contributed by atoms with Crippen LogP contribution in [0.4, 0.5) is 0 Å². The highest BCUT2D eigenvalue weighted by molar-refractivity contribution is 5.79. The van der Waals surface area contributed by atoms with E-state index in [-0.39, 0.29) is 5.92 Å². The zero-order valence-electron chi connectivity index (χ0n) is 7.44. The van der Waals surface area contributed by atoms with Crippen molar-refractivity contribution >= 4 is 11.9 Å². The Balaban J connectivity index is 4.51. The predicted molar refractivity (Wildman–Crippen MR) is 42.8 cm³/mol. The molecular formula is C8H14O4. The number of hydrogen-bond donors (Lipinski definition) is 2. The summed E-state index contributed by atoms with van der Waals surface area (Å²) >= 11 is 0. The van der Waals surface area contributed by atoms with Crippen LogP contribution in [0.2, 0.25) is 0 Å². The summed E-state index contributed by atoms with van der Waals surface area (Å²) in [5, 5.41) is 17.3. The number of rotatable bonds is 4. The van der Waals surface area contributed by atoms with Gasteiger partial charge in [0.05, 0.1) is 11.8 Å². The highest BCUT2D eigenvalue weighted by Crippen LogP contribution is 2.21. The Morgan fingerprint density at radius 1 is 1.00 bits per heavy atom. The molecule has 2 atom stereocenters. The molecule has 0 unspecified atom stereocenters. The van der Waals surface area contributed by atoms with Crippen molar-refractivity contribution in [2.45, 2.75) is 20.8 Å². The van der Waals surface area contributed by atoms with Gasteiger partial charge < -0.3 is 10.2 Å². The lowest BCUT2D eigenvalue weighted by Gasteiger charge is -2.19. The maximum absolute atomic E-state index is 10.6. The lowest BCUT2D eigenvalue weighted by molar-refractivity contribution is -0.154. The molecule has 0 amide bonds. The normalized spacial score (nSPS) is 15.7. The maximum Gasteiger partial charge on any atom is 0.307 e. The van der Waals surface area contributed by atoms with Crippen LogP contribution >= 0.6 is 0 Å². The number of carboxylic acid groups (broad SMARTS) is 2. The number of carboxylic acids is 2. The molecule has 0 aliphatic rings. The molecule has 4 nitrogen and oxygen atoms in total. The molecule has 0 aromatic rings. The van der Waals surface area contributed by atoms with Crippen molar-refractivity contribution in [2.24, 2.45) is 17.8 Å². The minimum Gasteiger partial charge on any atom is -0.481 e. The highest BCUT2D eigenvalue weighted by Gasteiger charge is 2.32. The fourth-order valence-corrected chi connectivity index (χ4v) is 1.23. The van der Waals surface area contributed by atoms with Gasteiger partial charge in [-0.2, -0.15) is 0 Å². The molecule has 0 fully saturated rings. The third kappa shape index (κ3) is 2.53. The summed E-state index contributed by atoms with van der Waals surface area (Å²) in [6, 6.07) is 0. The minimum absolute atomic E-state index is 0.159. The van der Waals surface area contributed by atoms with E-state index in [2.05, 4.69) is 0 Å². The van der Waals surface area contributed by atoms with Gasteiger partial charge >= 0.3 is 11.9 Å². The molecule has 0 aromatic carbocycles. The zero-order chi connectivity index (χ0) is 9.89. The zero-order valence-corrected chi connectivity index (χ0v) is 7.44. The first-order chi connectivity index (χ1) is 5.37. The molecular weight excluding hydrogens is 160 g/mol. The third-order valence-electron chi connectivity index (χ3n) is 1.93. The van der Waals surface area contributed by atoms with Gasteiger partial charge in [-0.15, -0.1) is 0 Å². The van der Waals surface area contributed by atoms with Gasteiger partial charge in [0.2, 0.25) is 0 Å². The molecule has 0 saturated carbocycles. The van der Waals surface area contributed by atoms with Crippen LogP contribution in [-0.4, -0.2) is 22.2 Å². The molecule has 0 aromatic heterocycles. The molecule has 0 aliphatic carbocycles. The van der Waals surface area contributed by atoms with Crippen LogP contribution in [0.25, 0.3) is 0 Å². The molecule has 0 aliphatic heterocycles. The lowest BCUT2D eigenvalue weighted by Crippen LogP contribution is -2.31. The first-order valence-corrected chi connectivity index (χ1v) is 3.83. The monoisotopic (exact) mass is 174 g/mol. The maximum atomic E-state index is 10.6. The van der Waals surface area contributed by atoms with Crippen molar-refractivity contribution in [1.82, 2.24) is 0 Å². The molecule has 70 valence electrons. The van der Waals surface area contributed by atoms with Crippen LogP contribution in [-0.2, 0) is 9.59 Å². The molecule has 0 bridgehead atoms. The van der Waals surface area contributed by atoms with Crippen molar-refractivity contribution in [3.05, 3.63) is 0 Å². The van der Waals surface area contributed by atoms with Gasteiger partial charge in [-0.1, -0.05) is 20.8 Å². The summed E-state index contributed by atoms with van der Waals surface area (Å²) < 4.78 is 0. The summed E-state index contributed by atoms with van der Waals surface area (Å²) in [6.07, 6.45) is 0. The SMILES string of the molecule is CC(C)[C@@H](C(=O)O)[C@@H](C)C(=O)O. The molecule has 0 rings (SSSR count). The number of carbonyl (C=O) groups is 2. The van der Waals surface area contributed by atoms with Crippen LogP contribution in [0, 0.1) is 17.8 Å². The van der Waals surface area contributed by atoms with E-state index in [1.54, 1.807) is 13.8 Å². The van der Waals surface area contributed by atoms with E-state index in [0.29, 0.717) is 0 Å². The molecule has 12 heavy (non-hydrogen) atoms. The average molecular weight is 174 g/mol. The quantitative estimate of drug-likeness (QED) is 0.668. The first-order valence-electron chi connectivity index (χ1n) is 3.83. The van der Waals surface area contributed by atoms with Gasteiger partial charge in [-0.25, -0.2) is 0 Å². The average Bonchev–Trinajstić information content (AvgIpc) is 1.85. The van der Waals surface area contributed by atoms with Gasteiger partial charge in [0.25, 0.3) is 0 Å². The first kappa shape index (κ1) is 10.9. The van der Waals surface area contributed by atoms with Crippen molar-refractivity contribution in [3.8, 4) is 0 Å². The standard InChI is InChI=1S/C8H14O4/c1-4(2)6(8(11)12)5(3)7(9)10/h4-6H,1-3H3,(H,9,10)(H,11,12)/t5-,6-/m1/s1. The molecule has 0 spiro atoms. The van der Waals surface area contributed by atoms with E-state index >= 15 is 0 Å². The Bertz CT molecular complexity index is 185. The largest absolute Gasteiger partial charge is 0.481 e. The van der Waals surface area contributed by atoms with Crippen molar-refractivity contribution in [2.75, 3.05) is 0 Å². The van der Waals surface area contributed by atoms with Gasteiger partial charge in [0.15, 0.2) is 0 Å². The van der Waals surface area contributed by atoms with Crippen LogP contribution in [0.15, 0.2) is 0 Å². The summed E-state index contributed by atoms with van der Waals surface area (Å²) in [7, 11) is 0. The van der Waals surface area contributed by atoms with Gasteiger partial charge in [0.1, 0.15) is 0 Å². The highest BCUT2D eigenvalue weighted by atomic mass is 16.4. The van der Waals surface area contributed by atoms with Gasteiger partial charge in [-0.3, -0.25) is 9.59 Å². The molecule has 0 radical (unpaired) electrons. The third-order valence-corrected chi connectivity index (χ3v) is 1.93. The van der Waals surface area contributed by atoms with Gasteiger partial charge in [-0.05, 0) is 5.92 Å². The second-order valence-electron chi connectivity index (χ2n) is 3.23. The summed E-state index contributed by atoms with van der Waals surface area (Å²) in [6.45, 7) is 4.83. The molecule has 0 saturated heterocycles. The minimum atomic E-state index is -1.06. The Labute approximate surface area is 71.2 Å². The number of aliphatic carboxylic acids is 2. The molecule has 0 heterocycles. The summed E-state index contributed by atoms with van der Waals surface area (Å²) in [4.78, 5) is 21.1. The molecule has 2 N–H and O–H groups in total. The van der Waals surface area contributed by atoms with Crippen LogP contribution in [0.3, 0.4) is 0 Å². The lowest BCUT2D eigenvalue weighted by atomic mass is 9.85. The topological polar surface area (TPSA) is 74.6 Å². The Kier molecular flexibility index (Phi) is 3.73. The van der Waals surface area contributed by atoms with E-state index in [1.807, 2.05) is 0 Å². The molecule has 4 heteroatoms. The summed E-state index contributed by atoms with van der Waals surface area (Å²) in [5.41, 5.74) is 0. The van der Waals surface area contributed by atoms with E-state index in [4.69, 9.17) is 10.2 Å². The van der Waals surface area contributed by atoms with E-state index in [9.17, 15) is 9.59 Å². The van der Waals surface area contributed by atoms with Gasteiger partial charge in [0, 0.05) is 0 Å². The fourth-order valence-electron chi connectivity index (χ4n) is 1.23. The van der Waals surface area contributed by atoms with Crippen molar-refractivity contribution in [3.63, 3.8) is 0 Å². The Hall–Kier alpha value is -1.06. The predicted octanol–water partition coefficient (Wildman–Crippen LogP) is 1.06. The van der Waals surface area contributed by atoms with Crippen LogP contribution in [0.1, 0.15) is 20.8 Å². The van der Waals surface area contributed by atoms with E-state index in [0.717, 1.165) is 0 Å². The van der Waals surface area contributed by atoms with Crippen LogP contribution in [0.5, 0.6) is 0 Å². The summed E-state index contributed by atoms with van der Waals surface area (Å²) in [5.74, 6) is -3.89. The van der Waals surface area contributed by atoms with Crippen LogP contribution < -0.4 is 0 Å². The Morgan fingerprint density at radius 3 is 1.50 bits per heavy atom. The Morgan fingerprint density at radius 2 is 1.42 bits per heavy atom. The van der Waals surface area contributed by atoms with Crippen molar-refractivity contribution < 1.29 is 19.8 Å². The van der Waals surface area contributed by atoms with E-state index in [1.165, 1.54) is 6.92 Å². The second kappa shape index (κ2) is 4.09. The van der Waals surface area contributed by atoms with E-state index < -0.39 is 23.8 Å². The smallest absolute Gasteiger partial charge is 0.307 e. The number of hydrogen-bond acceptors (Lipinski definition) is 2. The van der Waals surface area contributed by atoms with Crippen molar-refractivity contribution in [1.29, 1.82) is 0 Å². The second-order valence-corrected chi connectivity index (χ2v) is 3.23. The fraction of sp³-hybridized carbons (Fsp3) is 0.750.